The third-order valence-electron chi connectivity index (χ3n) is 4.32. The maximum absolute atomic E-state index is 12.4. The third-order valence-corrected chi connectivity index (χ3v) is 5.32. The molecule has 0 atom stereocenters. The highest BCUT2D eigenvalue weighted by Gasteiger charge is 2.18. The molecule has 140 valence electrons. The molecule has 6 heteroatoms. The van der Waals surface area contributed by atoms with Crippen LogP contribution in [0.25, 0.3) is 16.3 Å². The Hall–Kier alpha value is -2.73. The lowest BCUT2D eigenvalue weighted by Crippen LogP contribution is -2.14. The van der Waals surface area contributed by atoms with Crippen molar-refractivity contribution in [3.63, 3.8) is 0 Å². The van der Waals surface area contributed by atoms with Crippen molar-refractivity contribution < 1.29 is 14.3 Å². The van der Waals surface area contributed by atoms with E-state index in [4.69, 9.17) is 4.74 Å². The standard InChI is InChI=1S/C21H22N2O3S/c1-13(2)23-14(3)11-16(15(23)4)18(24)12-26-21(25)10-9-20-22-17-7-5-6-8-19(17)27-20/h5-11,13H,12H2,1-4H3/b10-9+. The number of ketones is 1. The second-order valence-corrected chi connectivity index (χ2v) is 7.69. The zero-order chi connectivity index (χ0) is 19.6. The second kappa shape index (κ2) is 7.88. The summed E-state index contributed by atoms with van der Waals surface area (Å²) in [5, 5.41) is 0.722. The van der Waals surface area contributed by atoms with Gasteiger partial charge in [-0.3, -0.25) is 4.79 Å². The van der Waals surface area contributed by atoms with Gasteiger partial charge in [-0.05, 0) is 52.0 Å². The minimum atomic E-state index is -0.555. The summed E-state index contributed by atoms with van der Waals surface area (Å²) in [5.41, 5.74) is 3.41. The molecule has 0 saturated heterocycles. The highest BCUT2D eigenvalue weighted by molar-refractivity contribution is 7.19. The van der Waals surface area contributed by atoms with Gasteiger partial charge in [0.2, 0.25) is 5.78 Å². The van der Waals surface area contributed by atoms with Gasteiger partial charge in [-0.2, -0.15) is 0 Å². The molecule has 0 amide bonds. The van der Waals surface area contributed by atoms with Gasteiger partial charge in [-0.1, -0.05) is 12.1 Å². The molecule has 0 aliphatic heterocycles. The van der Waals surface area contributed by atoms with Crippen LogP contribution >= 0.6 is 11.3 Å². The quantitative estimate of drug-likeness (QED) is 0.351. The topological polar surface area (TPSA) is 61.2 Å². The van der Waals surface area contributed by atoms with Gasteiger partial charge in [-0.15, -0.1) is 11.3 Å². The molecule has 0 spiro atoms. The van der Waals surface area contributed by atoms with Crippen LogP contribution < -0.4 is 0 Å². The summed E-state index contributed by atoms with van der Waals surface area (Å²) in [5.74, 6) is -0.753. The normalized spacial score (nSPS) is 11.6. The Morgan fingerprint density at radius 1 is 1.26 bits per heavy atom. The van der Waals surface area contributed by atoms with E-state index in [9.17, 15) is 9.59 Å². The van der Waals surface area contributed by atoms with E-state index in [1.165, 1.54) is 17.4 Å². The molecular weight excluding hydrogens is 360 g/mol. The van der Waals surface area contributed by atoms with Gasteiger partial charge in [-0.25, -0.2) is 9.78 Å². The minimum Gasteiger partial charge on any atom is -0.454 e. The molecule has 27 heavy (non-hydrogen) atoms. The van der Waals surface area contributed by atoms with Crippen LogP contribution in [0.4, 0.5) is 0 Å². The first-order valence-electron chi connectivity index (χ1n) is 8.79. The predicted octanol–water partition coefficient (Wildman–Crippen LogP) is 4.73. The summed E-state index contributed by atoms with van der Waals surface area (Å²) in [4.78, 5) is 28.8. The first kappa shape index (κ1) is 19.0. The zero-order valence-electron chi connectivity index (χ0n) is 15.9. The van der Waals surface area contributed by atoms with Crippen molar-refractivity contribution in [3.05, 3.63) is 58.4 Å². The van der Waals surface area contributed by atoms with Gasteiger partial charge in [0.1, 0.15) is 5.01 Å². The van der Waals surface area contributed by atoms with E-state index in [1.54, 1.807) is 6.08 Å². The van der Waals surface area contributed by atoms with Crippen LogP contribution in [0.5, 0.6) is 0 Å². The molecule has 0 fully saturated rings. The Morgan fingerprint density at radius 2 is 2.00 bits per heavy atom. The number of nitrogens with zero attached hydrogens (tertiary/aromatic N) is 2. The number of benzene rings is 1. The summed E-state index contributed by atoms with van der Waals surface area (Å²) < 4.78 is 8.27. The Morgan fingerprint density at radius 3 is 2.67 bits per heavy atom. The van der Waals surface area contributed by atoms with Gasteiger partial charge in [0.05, 0.1) is 10.2 Å². The molecular formula is C21H22N2O3S. The number of hydrogen-bond acceptors (Lipinski definition) is 5. The molecule has 0 saturated carbocycles. The van der Waals surface area contributed by atoms with Gasteiger partial charge in [0, 0.05) is 29.1 Å². The summed E-state index contributed by atoms with van der Waals surface area (Å²) in [7, 11) is 0. The van der Waals surface area contributed by atoms with Crippen LogP contribution in [0.3, 0.4) is 0 Å². The van der Waals surface area contributed by atoms with Crippen molar-refractivity contribution in [2.45, 2.75) is 33.7 Å². The van der Waals surface area contributed by atoms with E-state index in [-0.39, 0.29) is 18.4 Å². The SMILES string of the molecule is Cc1cc(C(=O)COC(=O)/C=C/c2nc3ccccc3s2)c(C)n1C(C)C. The van der Waals surface area contributed by atoms with Crippen LogP contribution in [-0.4, -0.2) is 27.9 Å². The Balaban J connectivity index is 1.62. The number of esters is 1. The van der Waals surface area contributed by atoms with E-state index in [0.717, 1.165) is 26.6 Å². The van der Waals surface area contributed by atoms with Gasteiger partial charge in [0.15, 0.2) is 6.61 Å². The Bertz CT molecular complexity index is 994. The highest BCUT2D eigenvalue weighted by Crippen LogP contribution is 2.23. The molecule has 0 radical (unpaired) electrons. The van der Waals surface area contributed by atoms with Gasteiger partial charge < -0.3 is 9.30 Å². The zero-order valence-corrected chi connectivity index (χ0v) is 16.7. The minimum absolute atomic E-state index is 0.197. The van der Waals surface area contributed by atoms with Crippen LogP contribution in [-0.2, 0) is 9.53 Å². The fraction of sp³-hybridized carbons (Fsp3) is 0.286. The smallest absolute Gasteiger partial charge is 0.331 e. The fourth-order valence-corrected chi connectivity index (χ4v) is 4.09. The molecule has 3 aromatic rings. The second-order valence-electron chi connectivity index (χ2n) is 6.63. The van der Waals surface area contributed by atoms with Gasteiger partial charge >= 0.3 is 5.97 Å². The van der Waals surface area contributed by atoms with Crippen molar-refractivity contribution in [1.82, 2.24) is 9.55 Å². The summed E-state index contributed by atoms with van der Waals surface area (Å²) in [6, 6.07) is 9.90. The van der Waals surface area contributed by atoms with Crippen molar-refractivity contribution in [2.24, 2.45) is 0 Å². The molecule has 2 heterocycles. The number of carbonyl (C=O) groups is 2. The molecule has 3 rings (SSSR count). The van der Waals surface area contributed by atoms with E-state index in [0.29, 0.717) is 5.56 Å². The van der Waals surface area contributed by atoms with Crippen molar-refractivity contribution >= 4 is 39.4 Å². The number of aryl methyl sites for hydroxylation is 1. The third kappa shape index (κ3) is 4.17. The predicted molar refractivity (Wildman–Crippen MR) is 108 cm³/mol. The molecule has 0 aliphatic carbocycles. The number of rotatable bonds is 6. The first-order chi connectivity index (χ1) is 12.9. The van der Waals surface area contributed by atoms with Crippen LogP contribution in [0.2, 0.25) is 0 Å². The molecule has 0 unspecified atom stereocenters. The summed E-state index contributed by atoms with van der Waals surface area (Å²) in [6.45, 7) is 7.75. The number of aromatic nitrogens is 2. The summed E-state index contributed by atoms with van der Waals surface area (Å²) >= 11 is 1.49. The molecule has 1 aromatic carbocycles. The fourth-order valence-electron chi connectivity index (χ4n) is 3.22. The average molecular weight is 382 g/mol. The lowest BCUT2D eigenvalue weighted by atomic mass is 10.1. The summed E-state index contributed by atoms with van der Waals surface area (Å²) in [6.07, 6.45) is 2.92. The number of fused-ring (bicyclic) bond motifs is 1. The largest absolute Gasteiger partial charge is 0.454 e. The molecule has 0 N–H and O–H groups in total. The van der Waals surface area contributed by atoms with Crippen molar-refractivity contribution in [1.29, 1.82) is 0 Å². The maximum Gasteiger partial charge on any atom is 0.331 e. The van der Waals surface area contributed by atoms with Crippen LogP contribution in [0.15, 0.2) is 36.4 Å². The average Bonchev–Trinajstić information content (AvgIpc) is 3.17. The number of carbonyl (C=O) groups excluding carboxylic acids is 2. The molecule has 5 nitrogen and oxygen atoms in total. The Labute approximate surface area is 162 Å². The molecule has 0 aliphatic rings. The Kier molecular flexibility index (Phi) is 5.56. The van der Waals surface area contributed by atoms with E-state index >= 15 is 0 Å². The first-order valence-corrected chi connectivity index (χ1v) is 9.60. The van der Waals surface area contributed by atoms with Crippen LogP contribution in [0.1, 0.15) is 46.6 Å². The van der Waals surface area contributed by atoms with Gasteiger partial charge in [0.25, 0.3) is 0 Å². The molecule has 2 aromatic heterocycles. The molecule has 0 bridgehead atoms. The van der Waals surface area contributed by atoms with Crippen molar-refractivity contribution in [3.8, 4) is 0 Å². The van der Waals surface area contributed by atoms with E-state index in [1.807, 2.05) is 44.2 Å². The van der Waals surface area contributed by atoms with E-state index in [2.05, 4.69) is 23.4 Å². The lowest BCUT2D eigenvalue weighted by molar-refractivity contribution is -0.136. The number of hydrogen-bond donors (Lipinski definition) is 0. The monoisotopic (exact) mass is 382 g/mol. The highest BCUT2D eigenvalue weighted by atomic mass is 32.1. The number of para-hydroxylation sites is 1. The lowest BCUT2D eigenvalue weighted by Gasteiger charge is -2.13. The van der Waals surface area contributed by atoms with Crippen molar-refractivity contribution in [2.75, 3.05) is 6.61 Å². The van der Waals surface area contributed by atoms with Crippen LogP contribution in [0, 0.1) is 13.8 Å². The maximum atomic E-state index is 12.4. The number of Topliss-reactive ketones (excluding diaryl/α,β-unsaturated/α-hetero) is 1. The number of thiazole rings is 1. The van der Waals surface area contributed by atoms with E-state index < -0.39 is 5.97 Å². The number of ether oxygens (including phenoxy) is 1.